The average Bonchev–Trinajstić information content (AvgIpc) is 3.29. The lowest BCUT2D eigenvalue weighted by Gasteiger charge is -2.20. The lowest BCUT2D eigenvalue weighted by Crippen LogP contribution is -2.45. The van der Waals surface area contributed by atoms with Crippen molar-refractivity contribution in [1.29, 1.82) is 0 Å². The van der Waals surface area contributed by atoms with E-state index in [1.54, 1.807) is 6.08 Å². The van der Waals surface area contributed by atoms with Crippen molar-refractivity contribution in [3.05, 3.63) is 36.5 Å². The second-order valence-electron chi connectivity index (χ2n) is 19.3. The van der Waals surface area contributed by atoms with Gasteiger partial charge in [0.15, 0.2) is 0 Å². The number of carbonyl (C=O) groups excluding carboxylic acids is 2. The molecule has 0 bridgehead atoms. The van der Waals surface area contributed by atoms with Gasteiger partial charge in [0.1, 0.15) is 0 Å². The summed E-state index contributed by atoms with van der Waals surface area (Å²) in [6, 6.07) is -0.627. The maximum absolute atomic E-state index is 12.4. The molecule has 3 N–H and O–H groups in total. The third kappa shape index (κ3) is 49.5. The van der Waals surface area contributed by atoms with E-state index in [2.05, 4.69) is 43.5 Å². The van der Waals surface area contributed by atoms with Gasteiger partial charge in [0.05, 0.1) is 25.4 Å². The number of amides is 1. The van der Waals surface area contributed by atoms with Crippen LogP contribution in [0.25, 0.3) is 0 Å². The second kappa shape index (κ2) is 53.7. The van der Waals surface area contributed by atoms with Crippen LogP contribution < -0.4 is 5.32 Å². The normalized spacial score (nSPS) is 12.9. The number of rotatable bonds is 52. The number of carbonyl (C=O) groups is 2. The Bertz CT molecular complexity index is 1040. The molecule has 0 saturated carbocycles. The molecule has 6 nitrogen and oxygen atoms in total. The number of ether oxygens (including phenoxy) is 1. The van der Waals surface area contributed by atoms with E-state index in [1.165, 1.54) is 225 Å². The fraction of sp³-hybridized carbons (Fsp3) is 0.862. The van der Waals surface area contributed by atoms with Crippen LogP contribution in [-0.2, 0) is 14.3 Å². The predicted molar refractivity (Wildman–Crippen MR) is 278 cm³/mol. The quantitative estimate of drug-likeness (QED) is 0.0321. The standard InChI is InChI=1S/C58H109NO5/c1-3-5-7-9-11-13-31-36-40-44-48-52-58(63)64-53-49-45-41-37-33-30-28-26-24-22-20-18-16-15-17-19-21-23-25-27-29-32-35-39-43-47-51-57(62)59-55(54-60)56(61)50-46-42-38-34-14-12-10-8-6-4-2/h9,11,15,17,46,50,55-56,60-61H,3-8,10,12-14,16,18-45,47-49,51-54H2,1-2H3,(H,59,62)/b11-9-,17-15-,50-46+. The fourth-order valence-electron chi connectivity index (χ4n) is 8.49. The van der Waals surface area contributed by atoms with E-state index >= 15 is 0 Å². The number of allylic oxidation sites excluding steroid dienone is 5. The molecule has 6 heteroatoms. The molecule has 0 aliphatic heterocycles. The van der Waals surface area contributed by atoms with Gasteiger partial charge in [-0.25, -0.2) is 0 Å². The highest BCUT2D eigenvalue weighted by Crippen LogP contribution is 2.16. The summed E-state index contributed by atoms with van der Waals surface area (Å²) >= 11 is 0. The zero-order valence-electron chi connectivity index (χ0n) is 42.8. The van der Waals surface area contributed by atoms with E-state index in [0.29, 0.717) is 19.4 Å². The zero-order valence-corrected chi connectivity index (χ0v) is 42.8. The van der Waals surface area contributed by atoms with Crippen LogP contribution >= 0.6 is 0 Å². The van der Waals surface area contributed by atoms with E-state index in [9.17, 15) is 19.8 Å². The van der Waals surface area contributed by atoms with Crippen molar-refractivity contribution < 1.29 is 24.5 Å². The van der Waals surface area contributed by atoms with Crippen molar-refractivity contribution in [3.63, 3.8) is 0 Å². The van der Waals surface area contributed by atoms with E-state index in [1.807, 2.05) is 6.08 Å². The van der Waals surface area contributed by atoms with Crippen molar-refractivity contribution in [2.24, 2.45) is 0 Å². The summed E-state index contributed by atoms with van der Waals surface area (Å²) in [6.07, 6.45) is 66.1. The molecule has 0 aliphatic rings. The molecule has 0 fully saturated rings. The van der Waals surface area contributed by atoms with Crippen LogP contribution in [0.2, 0.25) is 0 Å². The molecule has 0 rings (SSSR count). The van der Waals surface area contributed by atoms with E-state index in [0.717, 1.165) is 44.9 Å². The largest absolute Gasteiger partial charge is 0.466 e. The Morgan fingerprint density at radius 3 is 1.16 bits per heavy atom. The minimum absolute atomic E-state index is 0.00222. The van der Waals surface area contributed by atoms with Gasteiger partial charge in [-0.3, -0.25) is 9.59 Å². The SMILES string of the molecule is CCCC/C=C\CCCCCCCC(=O)OCCCCCCCCCCCCCC/C=C\CCCCCCCCCCCCC(=O)NC(CO)C(O)/C=C/CCCCCCCCCC. The van der Waals surface area contributed by atoms with Gasteiger partial charge in [-0.1, -0.05) is 243 Å². The highest BCUT2D eigenvalue weighted by Gasteiger charge is 2.18. The van der Waals surface area contributed by atoms with E-state index < -0.39 is 12.1 Å². The highest BCUT2D eigenvalue weighted by molar-refractivity contribution is 5.76. The number of hydrogen-bond donors (Lipinski definition) is 3. The maximum atomic E-state index is 12.4. The predicted octanol–water partition coefficient (Wildman–Crippen LogP) is 17.2. The average molecular weight is 901 g/mol. The molecule has 0 heterocycles. The molecule has 0 aliphatic carbocycles. The van der Waals surface area contributed by atoms with Gasteiger partial charge in [-0.15, -0.1) is 0 Å². The maximum Gasteiger partial charge on any atom is 0.305 e. The number of aliphatic hydroxyl groups excluding tert-OH is 2. The van der Waals surface area contributed by atoms with Gasteiger partial charge in [-0.05, 0) is 77.0 Å². The van der Waals surface area contributed by atoms with Gasteiger partial charge >= 0.3 is 5.97 Å². The molecule has 0 radical (unpaired) electrons. The zero-order chi connectivity index (χ0) is 46.5. The molecule has 2 atom stereocenters. The Morgan fingerprint density at radius 2 is 0.750 bits per heavy atom. The molecule has 0 saturated heterocycles. The van der Waals surface area contributed by atoms with Crippen LogP contribution in [-0.4, -0.2) is 47.4 Å². The Morgan fingerprint density at radius 1 is 0.422 bits per heavy atom. The van der Waals surface area contributed by atoms with Gasteiger partial charge < -0.3 is 20.3 Å². The van der Waals surface area contributed by atoms with E-state index in [-0.39, 0.29) is 18.5 Å². The summed E-state index contributed by atoms with van der Waals surface area (Å²) in [6.45, 7) is 4.84. The minimum atomic E-state index is -0.843. The van der Waals surface area contributed by atoms with Crippen LogP contribution in [0, 0.1) is 0 Å². The molecule has 0 aromatic carbocycles. The second-order valence-corrected chi connectivity index (χ2v) is 19.3. The van der Waals surface area contributed by atoms with Crippen molar-refractivity contribution >= 4 is 11.9 Å². The first kappa shape index (κ1) is 62.1. The van der Waals surface area contributed by atoms with Crippen LogP contribution in [0.1, 0.15) is 296 Å². The molecule has 376 valence electrons. The van der Waals surface area contributed by atoms with Crippen molar-refractivity contribution in [2.45, 2.75) is 309 Å². The Labute approximate surface area is 398 Å². The number of nitrogens with one attached hydrogen (secondary N) is 1. The van der Waals surface area contributed by atoms with Crippen LogP contribution in [0.4, 0.5) is 0 Å². The minimum Gasteiger partial charge on any atom is -0.466 e. The van der Waals surface area contributed by atoms with Crippen LogP contribution in [0.5, 0.6) is 0 Å². The summed E-state index contributed by atoms with van der Waals surface area (Å²) in [7, 11) is 0. The summed E-state index contributed by atoms with van der Waals surface area (Å²) in [4.78, 5) is 24.4. The molecule has 0 aromatic heterocycles. The van der Waals surface area contributed by atoms with Gasteiger partial charge in [0, 0.05) is 12.8 Å². The van der Waals surface area contributed by atoms with E-state index in [4.69, 9.17) is 4.74 Å². The Kier molecular flexibility index (Phi) is 52.1. The Balaban J connectivity index is 3.39. The Hall–Kier alpha value is -1.92. The smallest absolute Gasteiger partial charge is 0.305 e. The number of hydrogen-bond acceptors (Lipinski definition) is 5. The molecule has 1 amide bonds. The summed E-state index contributed by atoms with van der Waals surface area (Å²) in [5.74, 6) is -0.0697. The van der Waals surface area contributed by atoms with Crippen molar-refractivity contribution in [3.8, 4) is 0 Å². The molecule has 0 aromatic rings. The third-order valence-electron chi connectivity index (χ3n) is 12.9. The lowest BCUT2D eigenvalue weighted by molar-refractivity contribution is -0.143. The van der Waals surface area contributed by atoms with Crippen LogP contribution in [0.15, 0.2) is 36.5 Å². The first-order valence-corrected chi connectivity index (χ1v) is 28.3. The van der Waals surface area contributed by atoms with Crippen molar-refractivity contribution in [1.82, 2.24) is 5.32 Å². The first-order chi connectivity index (χ1) is 31.5. The van der Waals surface area contributed by atoms with Crippen LogP contribution in [0.3, 0.4) is 0 Å². The fourth-order valence-corrected chi connectivity index (χ4v) is 8.49. The molecular formula is C58H109NO5. The summed E-state index contributed by atoms with van der Waals surface area (Å²) in [5, 5.41) is 23.0. The topological polar surface area (TPSA) is 95.9 Å². The number of aliphatic hydroxyl groups is 2. The summed E-state index contributed by atoms with van der Waals surface area (Å²) < 4.78 is 5.45. The lowest BCUT2D eigenvalue weighted by atomic mass is 10.0. The first-order valence-electron chi connectivity index (χ1n) is 28.3. The van der Waals surface area contributed by atoms with Gasteiger partial charge in [0.2, 0.25) is 5.91 Å². The number of esters is 1. The third-order valence-corrected chi connectivity index (χ3v) is 12.9. The highest BCUT2D eigenvalue weighted by atomic mass is 16.5. The molecule has 64 heavy (non-hydrogen) atoms. The molecular weight excluding hydrogens is 791 g/mol. The number of unbranched alkanes of at least 4 members (excludes halogenated alkanes) is 37. The monoisotopic (exact) mass is 900 g/mol. The van der Waals surface area contributed by atoms with Gasteiger partial charge in [-0.2, -0.15) is 0 Å². The molecule has 0 spiro atoms. The summed E-state index contributed by atoms with van der Waals surface area (Å²) in [5.41, 5.74) is 0. The van der Waals surface area contributed by atoms with Gasteiger partial charge in [0.25, 0.3) is 0 Å². The molecule has 2 unspecified atom stereocenters. The van der Waals surface area contributed by atoms with Crippen molar-refractivity contribution in [2.75, 3.05) is 13.2 Å².